The summed E-state index contributed by atoms with van der Waals surface area (Å²) < 4.78 is 6.47. The second kappa shape index (κ2) is 8.26. The maximum atomic E-state index is 6.47. The summed E-state index contributed by atoms with van der Waals surface area (Å²) in [5.41, 5.74) is 2.74. The van der Waals surface area contributed by atoms with Crippen LogP contribution in [0.1, 0.15) is 68.5 Å². The number of benzene rings is 2. The van der Waals surface area contributed by atoms with Gasteiger partial charge >= 0.3 is 0 Å². The molecule has 2 heteroatoms. The van der Waals surface area contributed by atoms with Crippen LogP contribution in [0.15, 0.2) is 54.6 Å². The van der Waals surface area contributed by atoms with Crippen LogP contribution in [0.4, 0.5) is 0 Å². The number of para-hydroxylation sites is 1. The van der Waals surface area contributed by atoms with E-state index in [1.54, 1.807) is 0 Å². The van der Waals surface area contributed by atoms with E-state index in [0.29, 0.717) is 18.1 Å². The van der Waals surface area contributed by atoms with Gasteiger partial charge in [0.15, 0.2) is 0 Å². The van der Waals surface area contributed by atoms with E-state index < -0.39 is 0 Å². The van der Waals surface area contributed by atoms with Gasteiger partial charge in [0.2, 0.25) is 0 Å². The van der Waals surface area contributed by atoms with E-state index in [2.05, 4.69) is 66.8 Å². The van der Waals surface area contributed by atoms with E-state index in [4.69, 9.17) is 4.74 Å². The first-order valence-electron chi connectivity index (χ1n) is 10.3. The number of rotatable bonds is 5. The third kappa shape index (κ3) is 3.96. The predicted molar refractivity (Wildman–Crippen MR) is 108 cm³/mol. The summed E-state index contributed by atoms with van der Waals surface area (Å²) in [5, 5.41) is 3.78. The van der Waals surface area contributed by atoms with Gasteiger partial charge < -0.3 is 10.1 Å². The van der Waals surface area contributed by atoms with Gasteiger partial charge in [-0.15, -0.1) is 0 Å². The first-order valence-corrected chi connectivity index (χ1v) is 10.3. The van der Waals surface area contributed by atoms with Gasteiger partial charge in [0.1, 0.15) is 11.9 Å². The molecular weight excluding hydrogens is 318 g/mol. The van der Waals surface area contributed by atoms with Crippen molar-refractivity contribution >= 4 is 0 Å². The van der Waals surface area contributed by atoms with Gasteiger partial charge in [-0.3, -0.25) is 0 Å². The van der Waals surface area contributed by atoms with E-state index in [-0.39, 0.29) is 0 Å². The summed E-state index contributed by atoms with van der Waals surface area (Å²) in [5.74, 6) is 2.40. The summed E-state index contributed by atoms with van der Waals surface area (Å²) >= 11 is 0. The summed E-state index contributed by atoms with van der Waals surface area (Å²) in [4.78, 5) is 0. The number of ether oxygens (including phenoxy) is 1. The molecular formula is C24H31NO. The lowest BCUT2D eigenvalue weighted by Gasteiger charge is -2.38. The van der Waals surface area contributed by atoms with Crippen molar-refractivity contribution < 1.29 is 4.74 Å². The maximum absolute atomic E-state index is 6.47. The Labute approximate surface area is 158 Å². The van der Waals surface area contributed by atoms with E-state index in [1.165, 1.54) is 43.2 Å². The molecule has 2 unspecified atom stereocenters. The highest BCUT2D eigenvalue weighted by atomic mass is 16.5. The second-order valence-electron chi connectivity index (χ2n) is 8.07. The van der Waals surface area contributed by atoms with E-state index in [9.17, 15) is 0 Å². The van der Waals surface area contributed by atoms with Crippen LogP contribution in [0.5, 0.6) is 5.75 Å². The molecule has 1 aliphatic carbocycles. The number of nitrogens with one attached hydrogen (secondary N) is 1. The molecule has 26 heavy (non-hydrogen) atoms. The largest absolute Gasteiger partial charge is 0.490 e. The fourth-order valence-electron chi connectivity index (χ4n) is 4.71. The van der Waals surface area contributed by atoms with Crippen molar-refractivity contribution in [3.63, 3.8) is 0 Å². The van der Waals surface area contributed by atoms with Gasteiger partial charge in [-0.2, -0.15) is 0 Å². The van der Waals surface area contributed by atoms with Crippen LogP contribution in [-0.2, 0) is 0 Å². The zero-order valence-corrected chi connectivity index (χ0v) is 15.9. The molecule has 138 valence electrons. The third-order valence-electron chi connectivity index (χ3n) is 6.30. The average Bonchev–Trinajstić information content (AvgIpc) is 2.73. The molecule has 2 aromatic carbocycles. The predicted octanol–water partition coefficient (Wildman–Crippen LogP) is 5.85. The summed E-state index contributed by atoms with van der Waals surface area (Å²) in [6, 6.07) is 19.8. The van der Waals surface area contributed by atoms with Crippen molar-refractivity contribution in [2.75, 3.05) is 6.54 Å². The Hall–Kier alpha value is -1.80. The molecule has 0 aromatic heterocycles. The number of fused-ring (bicyclic) bond motifs is 1. The Balaban J connectivity index is 1.46. The topological polar surface area (TPSA) is 21.3 Å². The lowest BCUT2D eigenvalue weighted by atomic mass is 9.79. The Morgan fingerprint density at radius 2 is 1.69 bits per heavy atom. The smallest absolute Gasteiger partial charge is 0.123 e. The first kappa shape index (κ1) is 17.6. The van der Waals surface area contributed by atoms with Gasteiger partial charge in [0.05, 0.1) is 0 Å². The molecule has 2 aromatic rings. The zero-order chi connectivity index (χ0) is 17.8. The quantitative estimate of drug-likeness (QED) is 0.731. The normalized spacial score (nSPS) is 24.5. The molecule has 1 N–H and O–H groups in total. The zero-order valence-electron chi connectivity index (χ0n) is 15.9. The maximum Gasteiger partial charge on any atom is 0.123 e. The van der Waals surface area contributed by atoms with Crippen LogP contribution in [0.3, 0.4) is 0 Å². The monoisotopic (exact) mass is 349 g/mol. The van der Waals surface area contributed by atoms with Crippen molar-refractivity contribution in [3.05, 3.63) is 65.7 Å². The van der Waals surface area contributed by atoms with Gasteiger partial charge in [-0.05, 0) is 49.3 Å². The molecule has 1 saturated carbocycles. The number of hydrogen-bond acceptors (Lipinski definition) is 2. The summed E-state index contributed by atoms with van der Waals surface area (Å²) in [6.45, 7) is 3.28. The highest BCUT2D eigenvalue weighted by Crippen LogP contribution is 2.41. The van der Waals surface area contributed by atoms with E-state index in [1.807, 2.05) is 0 Å². The molecule has 2 aliphatic rings. The molecule has 0 saturated heterocycles. The molecule has 0 spiro atoms. The van der Waals surface area contributed by atoms with Crippen LogP contribution in [0, 0.1) is 5.92 Å². The Bertz CT molecular complexity index is 692. The van der Waals surface area contributed by atoms with Crippen molar-refractivity contribution in [1.82, 2.24) is 5.32 Å². The van der Waals surface area contributed by atoms with Crippen LogP contribution in [0.2, 0.25) is 0 Å². The van der Waals surface area contributed by atoms with Crippen LogP contribution in [-0.4, -0.2) is 12.6 Å². The second-order valence-corrected chi connectivity index (χ2v) is 8.07. The highest BCUT2D eigenvalue weighted by molar-refractivity contribution is 5.38. The molecule has 3 atom stereocenters. The first-order chi connectivity index (χ1) is 12.8. The lowest BCUT2D eigenvalue weighted by molar-refractivity contribution is 0.0772. The van der Waals surface area contributed by atoms with Crippen LogP contribution >= 0.6 is 0 Å². The van der Waals surface area contributed by atoms with Crippen molar-refractivity contribution in [1.29, 1.82) is 0 Å². The Kier molecular flexibility index (Phi) is 5.59. The minimum absolute atomic E-state index is 0.374. The Morgan fingerprint density at radius 3 is 2.50 bits per heavy atom. The molecule has 1 aliphatic heterocycles. The van der Waals surface area contributed by atoms with Gasteiger partial charge in [0, 0.05) is 18.5 Å². The number of hydrogen-bond donors (Lipinski definition) is 1. The van der Waals surface area contributed by atoms with Crippen molar-refractivity contribution in [2.45, 2.75) is 63.5 Å². The van der Waals surface area contributed by atoms with Gasteiger partial charge in [-0.1, -0.05) is 67.8 Å². The fraction of sp³-hybridized carbons (Fsp3) is 0.500. The van der Waals surface area contributed by atoms with Crippen LogP contribution < -0.4 is 10.1 Å². The highest BCUT2D eigenvalue weighted by Gasteiger charge is 2.33. The fourth-order valence-corrected chi connectivity index (χ4v) is 4.71. The molecule has 1 heterocycles. The van der Waals surface area contributed by atoms with Gasteiger partial charge in [-0.25, -0.2) is 0 Å². The molecule has 0 amide bonds. The standard InChI is InChI=1S/C24H31NO/c1-18(19-10-4-2-5-11-19)25-17-21-16-24(20-12-6-3-7-13-20)26-23-15-9-8-14-22(21)23/h2,4-5,8-11,14-15,18,20-21,24-25H,3,6-7,12-13,16-17H2,1H3/t18?,21-,24?/m0/s1. The Morgan fingerprint density at radius 1 is 0.962 bits per heavy atom. The summed E-state index contributed by atoms with van der Waals surface area (Å²) in [7, 11) is 0. The van der Waals surface area contributed by atoms with Crippen molar-refractivity contribution in [3.8, 4) is 5.75 Å². The van der Waals surface area contributed by atoms with Crippen molar-refractivity contribution in [2.24, 2.45) is 5.92 Å². The molecule has 4 rings (SSSR count). The lowest BCUT2D eigenvalue weighted by Crippen LogP contribution is -2.37. The minimum atomic E-state index is 0.374. The molecule has 2 nitrogen and oxygen atoms in total. The molecule has 0 radical (unpaired) electrons. The van der Waals surface area contributed by atoms with Gasteiger partial charge in [0.25, 0.3) is 0 Å². The average molecular weight is 350 g/mol. The minimum Gasteiger partial charge on any atom is -0.490 e. The summed E-state index contributed by atoms with van der Waals surface area (Å²) in [6.07, 6.45) is 8.38. The molecule has 0 bridgehead atoms. The van der Waals surface area contributed by atoms with E-state index in [0.717, 1.165) is 24.6 Å². The van der Waals surface area contributed by atoms with Crippen LogP contribution in [0.25, 0.3) is 0 Å². The third-order valence-corrected chi connectivity index (χ3v) is 6.30. The SMILES string of the molecule is CC(NC[C@@H]1CC(C2CCCCC2)Oc2ccccc21)c1ccccc1. The molecule has 1 fully saturated rings. The van der Waals surface area contributed by atoms with E-state index >= 15 is 0 Å².